The standard InChI is InChI=1S/C21H12N6O5/c28-26(29)13-7-5-12(6-8-13)20-24-25-21(32-20)16-4-2-1-3-15(16)19-22-17-10-9-14(27(30)31)11-18(17)23-19/h1-11H,(H,22,23). The molecule has 0 saturated heterocycles. The fourth-order valence-corrected chi connectivity index (χ4v) is 3.29. The van der Waals surface area contributed by atoms with E-state index < -0.39 is 9.85 Å². The van der Waals surface area contributed by atoms with E-state index in [0.29, 0.717) is 33.5 Å². The number of hydrogen-bond acceptors (Lipinski definition) is 8. The number of hydrogen-bond donors (Lipinski definition) is 1. The number of nitrogens with one attached hydrogen (secondary N) is 1. The highest BCUT2D eigenvalue weighted by Crippen LogP contribution is 2.33. The molecule has 0 aliphatic heterocycles. The van der Waals surface area contributed by atoms with Crippen molar-refractivity contribution in [1.82, 2.24) is 20.2 Å². The summed E-state index contributed by atoms with van der Waals surface area (Å²) in [5.74, 6) is 0.941. The first-order valence-corrected chi connectivity index (χ1v) is 9.32. The molecule has 0 aliphatic rings. The third-order valence-electron chi connectivity index (χ3n) is 4.84. The Bertz CT molecular complexity index is 1490. The van der Waals surface area contributed by atoms with Gasteiger partial charge in [-0.1, -0.05) is 18.2 Å². The summed E-state index contributed by atoms with van der Waals surface area (Å²) in [6.07, 6.45) is 0. The van der Waals surface area contributed by atoms with Crippen LogP contribution in [0.25, 0.3) is 45.3 Å². The largest absolute Gasteiger partial charge is 0.416 e. The van der Waals surface area contributed by atoms with E-state index in [1.165, 1.54) is 36.4 Å². The van der Waals surface area contributed by atoms with Crippen LogP contribution in [-0.2, 0) is 0 Å². The van der Waals surface area contributed by atoms with Gasteiger partial charge < -0.3 is 9.40 Å². The average Bonchev–Trinajstić information content (AvgIpc) is 3.46. The number of nitrogens with zero attached hydrogens (tertiary/aromatic N) is 5. The normalized spacial score (nSPS) is 11.0. The number of aromatic amines is 1. The molecule has 2 heterocycles. The van der Waals surface area contributed by atoms with Crippen LogP contribution in [0.3, 0.4) is 0 Å². The Morgan fingerprint density at radius 2 is 1.44 bits per heavy atom. The zero-order valence-electron chi connectivity index (χ0n) is 16.1. The van der Waals surface area contributed by atoms with Gasteiger partial charge in [-0.15, -0.1) is 10.2 Å². The van der Waals surface area contributed by atoms with E-state index in [0.717, 1.165) is 0 Å². The number of nitro benzene ring substituents is 2. The molecule has 3 aromatic carbocycles. The highest BCUT2D eigenvalue weighted by Gasteiger charge is 2.18. The molecule has 2 aromatic heterocycles. The maximum Gasteiger partial charge on any atom is 0.271 e. The summed E-state index contributed by atoms with van der Waals surface area (Å²) in [4.78, 5) is 28.6. The molecule has 0 aliphatic carbocycles. The number of fused-ring (bicyclic) bond motifs is 1. The zero-order chi connectivity index (χ0) is 22.2. The first-order valence-electron chi connectivity index (χ1n) is 9.32. The predicted molar refractivity (Wildman–Crippen MR) is 114 cm³/mol. The van der Waals surface area contributed by atoms with Gasteiger partial charge in [0.25, 0.3) is 11.4 Å². The smallest absolute Gasteiger partial charge is 0.271 e. The first kappa shape index (κ1) is 19.1. The summed E-state index contributed by atoms with van der Waals surface area (Å²) in [5.41, 5.74) is 2.86. The Balaban J connectivity index is 1.54. The molecule has 156 valence electrons. The molecule has 0 unspecified atom stereocenters. The fourth-order valence-electron chi connectivity index (χ4n) is 3.29. The quantitative estimate of drug-likeness (QED) is 0.310. The number of benzene rings is 3. The van der Waals surface area contributed by atoms with Gasteiger partial charge >= 0.3 is 0 Å². The van der Waals surface area contributed by atoms with E-state index in [-0.39, 0.29) is 23.2 Å². The van der Waals surface area contributed by atoms with Gasteiger partial charge in [0.15, 0.2) is 0 Å². The van der Waals surface area contributed by atoms with Crippen LogP contribution in [0.15, 0.2) is 71.1 Å². The molecule has 11 heteroatoms. The lowest BCUT2D eigenvalue weighted by atomic mass is 10.1. The second-order valence-corrected chi connectivity index (χ2v) is 6.81. The lowest BCUT2D eigenvalue weighted by Crippen LogP contribution is -1.87. The van der Waals surface area contributed by atoms with Crippen LogP contribution >= 0.6 is 0 Å². The van der Waals surface area contributed by atoms with E-state index in [2.05, 4.69) is 20.2 Å². The molecule has 0 spiro atoms. The summed E-state index contributed by atoms with van der Waals surface area (Å²) < 4.78 is 5.82. The Kier molecular flexibility index (Phi) is 4.40. The Labute approximate surface area is 178 Å². The Hall–Kier alpha value is -4.93. The molecule has 5 rings (SSSR count). The third kappa shape index (κ3) is 3.33. The highest BCUT2D eigenvalue weighted by molar-refractivity contribution is 5.85. The van der Waals surface area contributed by atoms with E-state index in [1.54, 1.807) is 12.1 Å². The number of non-ortho nitro benzene ring substituents is 2. The summed E-state index contributed by atoms with van der Waals surface area (Å²) in [5, 5.41) is 30.1. The van der Waals surface area contributed by atoms with Crippen LogP contribution in [-0.4, -0.2) is 30.0 Å². The maximum atomic E-state index is 11.0. The maximum absolute atomic E-state index is 11.0. The first-order chi connectivity index (χ1) is 15.5. The zero-order valence-corrected chi connectivity index (χ0v) is 16.1. The Morgan fingerprint density at radius 1 is 0.781 bits per heavy atom. The van der Waals surface area contributed by atoms with Crippen molar-refractivity contribution in [2.75, 3.05) is 0 Å². The van der Waals surface area contributed by atoms with Gasteiger partial charge in [-0.05, 0) is 24.3 Å². The second kappa shape index (κ2) is 7.40. The van der Waals surface area contributed by atoms with Gasteiger partial charge in [0.1, 0.15) is 5.82 Å². The van der Waals surface area contributed by atoms with Crippen molar-refractivity contribution in [3.05, 3.63) is 87.0 Å². The van der Waals surface area contributed by atoms with E-state index >= 15 is 0 Å². The summed E-state index contributed by atoms with van der Waals surface area (Å²) in [7, 11) is 0. The van der Waals surface area contributed by atoms with Crippen LogP contribution < -0.4 is 0 Å². The molecule has 0 radical (unpaired) electrons. The number of imidazole rings is 1. The third-order valence-corrected chi connectivity index (χ3v) is 4.84. The van der Waals surface area contributed by atoms with Gasteiger partial charge in [-0.3, -0.25) is 20.2 Å². The highest BCUT2D eigenvalue weighted by atomic mass is 16.6. The van der Waals surface area contributed by atoms with Crippen LogP contribution in [0.1, 0.15) is 0 Å². The molecule has 0 atom stereocenters. The summed E-state index contributed by atoms with van der Waals surface area (Å²) in [6, 6.07) is 17.4. The van der Waals surface area contributed by atoms with Crippen LogP contribution in [0.5, 0.6) is 0 Å². The molecule has 11 nitrogen and oxygen atoms in total. The number of aromatic nitrogens is 4. The van der Waals surface area contributed by atoms with Crippen LogP contribution in [0.2, 0.25) is 0 Å². The van der Waals surface area contributed by atoms with Crippen molar-refractivity contribution in [1.29, 1.82) is 0 Å². The van der Waals surface area contributed by atoms with Crippen LogP contribution in [0.4, 0.5) is 11.4 Å². The minimum absolute atomic E-state index is 0.0365. The van der Waals surface area contributed by atoms with Gasteiger partial charge in [-0.2, -0.15) is 0 Å². The van der Waals surface area contributed by atoms with Crippen LogP contribution in [0, 0.1) is 20.2 Å². The molecule has 5 aromatic rings. The minimum atomic E-state index is -0.485. The molecule has 0 bridgehead atoms. The van der Waals surface area contributed by atoms with Gasteiger partial charge in [-0.25, -0.2) is 4.98 Å². The molecule has 0 amide bonds. The van der Waals surface area contributed by atoms with Crippen molar-refractivity contribution in [3.8, 4) is 34.3 Å². The number of nitro groups is 2. The van der Waals surface area contributed by atoms with Gasteiger partial charge in [0, 0.05) is 41.0 Å². The second-order valence-electron chi connectivity index (χ2n) is 6.81. The SMILES string of the molecule is O=[N+]([O-])c1ccc(-c2nnc(-c3ccccc3-c3nc4ccc([N+](=O)[O-])cc4[nH]3)o2)cc1. The van der Waals surface area contributed by atoms with E-state index in [1.807, 2.05) is 18.2 Å². The van der Waals surface area contributed by atoms with Crippen molar-refractivity contribution >= 4 is 22.4 Å². The summed E-state index contributed by atoms with van der Waals surface area (Å²) in [6.45, 7) is 0. The molecule has 0 fully saturated rings. The van der Waals surface area contributed by atoms with E-state index in [4.69, 9.17) is 4.42 Å². The predicted octanol–water partition coefficient (Wildman–Crippen LogP) is 4.76. The number of H-pyrrole nitrogens is 1. The van der Waals surface area contributed by atoms with Crippen molar-refractivity contribution in [3.63, 3.8) is 0 Å². The molecular formula is C21H12N6O5. The molecular weight excluding hydrogens is 416 g/mol. The fraction of sp³-hybridized carbons (Fsp3) is 0. The molecule has 0 saturated carbocycles. The molecule has 1 N–H and O–H groups in total. The lowest BCUT2D eigenvalue weighted by Gasteiger charge is -2.02. The average molecular weight is 428 g/mol. The topological polar surface area (TPSA) is 154 Å². The van der Waals surface area contributed by atoms with Gasteiger partial charge in [0.05, 0.1) is 20.9 Å². The minimum Gasteiger partial charge on any atom is -0.416 e. The van der Waals surface area contributed by atoms with Crippen molar-refractivity contribution < 1.29 is 14.3 Å². The summed E-state index contributed by atoms with van der Waals surface area (Å²) >= 11 is 0. The van der Waals surface area contributed by atoms with E-state index in [9.17, 15) is 20.2 Å². The van der Waals surface area contributed by atoms with Gasteiger partial charge in [0.2, 0.25) is 11.8 Å². The lowest BCUT2D eigenvalue weighted by molar-refractivity contribution is -0.385. The van der Waals surface area contributed by atoms with Crippen molar-refractivity contribution in [2.45, 2.75) is 0 Å². The number of rotatable bonds is 5. The molecule has 32 heavy (non-hydrogen) atoms. The Morgan fingerprint density at radius 3 is 2.16 bits per heavy atom. The van der Waals surface area contributed by atoms with Crippen molar-refractivity contribution in [2.24, 2.45) is 0 Å². The monoisotopic (exact) mass is 428 g/mol.